The van der Waals surface area contributed by atoms with Crippen LogP contribution in [-0.4, -0.2) is 59.5 Å². The Labute approximate surface area is 210 Å². The lowest BCUT2D eigenvalue weighted by Crippen LogP contribution is -2.42. The Hall–Kier alpha value is -3.73. The number of methoxy groups -OCH3 is 4. The van der Waals surface area contributed by atoms with Gasteiger partial charge in [-0.15, -0.1) is 0 Å². The summed E-state index contributed by atoms with van der Waals surface area (Å²) < 4.78 is 52.1. The molecule has 0 aromatic heterocycles. The first kappa shape index (κ1) is 28.5. The number of carboxylic acid groups (broad SMARTS) is 1. The smallest absolute Gasteiger partial charge is 0.348 e. The van der Waals surface area contributed by atoms with Gasteiger partial charge in [0.15, 0.2) is 9.84 Å². The molecular weight excluding hydrogens is 492 g/mol. The van der Waals surface area contributed by atoms with E-state index in [9.17, 15) is 23.1 Å². The fourth-order valence-corrected chi connectivity index (χ4v) is 4.63. The van der Waals surface area contributed by atoms with Gasteiger partial charge in [-0.2, -0.15) is 0 Å². The summed E-state index contributed by atoms with van der Waals surface area (Å²) in [5, 5.41) is 10.7. The molecule has 0 spiro atoms. The zero-order chi connectivity index (χ0) is 27.1. The van der Waals surface area contributed by atoms with Gasteiger partial charge in [0.05, 0.1) is 39.8 Å². The molecule has 196 valence electrons. The molecule has 0 fully saturated rings. The number of ether oxygens (including phenoxy) is 5. The van der Waals surface area contributed by atoms with Crippen LogP contribution in [0.4, 0.5) is 0 Å². The molecule has 11 heteroatoms. The third kappa shape index (κ3) is 7.14. The highest BCUT2D eigenvalue weighted by molar-refractivity contribution is 7.93. The predicted molar refractivity (Wildman–Crippen MR) is 132 cm³/mol. The lowest BCUT2D eigenvalue weighted by molar-refractivity contribution is -0.175. The summed E-state index contributed by atoms with van der Waals surface area (Å²) in [6.45, 7) is 2.37. The molecule has 36 heavy (non-hydrogen) atoms. The maximum absolute atomic E-state index is 12.9. The largest absolute Gasteiger partial charge is 0.496 e. The van der Waals surface area contributed by atoms with Crippen molar-refractivity contribution >= 4 is 27.9 Å². The summed E-state index contributed by atoms with van der Waals surface area (Å²) in [6.07, 6.45) is 1.15. The molecule has 10 nitrogen and oxygen atoms in total. The molecule has 0 amide bonds. The van der Waals surface area contributed by atoms with E-state index in [0.717, 1.165) is 12.3 Å². The number of esters is 1. The van der Waals surface area contributed by atoms with Crippen LogP contribution < -0.4 is 18.9 Å². The van der Waals surface area contributed by atoms with E-state index in [1.54, 1.807) is 18.2 Å². The van der Waals surface area contributed by atoms with E-state index in [2.05, 4.69) is 0 Å². The van der Waals surface area contributed by atoms with Crippen molar-refractivity contribution in [1.29, 1.82) is 0 Å². The highest BCUT2D eigenvalue weighted by Gasteiger charge is 2.38. The van der Waals surface area contributed by atoms with Crippen molar-refractivity contribution in [3.8, 4) is 23.0 Å². The third-order valence-electron chi connectivity index (χ3n) is 5.26. The van der Waals surface area contributed by atoms with Crippen LogP contribution in [0.1, 0.15) is 30.5 Å². The van der Waals surface area contributed by atoms with Crippen LogP contribution in [0.15, 0.2) is 35.7 Å². The Morgan fingerprint density at radius 2 is 1.53 bits per heavy atom. The van der Waals surface area contributed by atoms with E-state index in [0.29, 0.717) is 39.7 Å². The Bertz CT molecular complexity index is 1220. The lowest BCUT2D eigenvalue weighted by Gasteiger charge is -2.25. The van der Waals surface area contributed by atoms with Gasteiger partial charge in [0.2, 0.25) is 5.60 Å². The van der Waals surface area contributed by atoms with Gasteiger partial charge in [0, 0.05) is 30.9 Å². The lowest BCUT2D eigenvalue weighted by atomic mass is 9.94. The molecule has 0 aliphatic carbocycles. The van der Waals surface area contributed by atoms with Gasteiger partial charge in [-0.1, -0.05) is 12.1 Å². The quantitative estimate of drug-likeness (QED) is 0.414. The van der Waals surface area contributed by atoms with Crippen LogP contribution in [0.2, 0.25) is 0 Å². The van der Waals surface area contributed by atoms with Crippen molar-refractivity contribution in [2.45, 2.75) is 31.6 Å². The molecule has 1 atom stereocenters. The minimum absolute atomic E-state index is 0.227. The number of hydrogen-bond donors (Lipinski definition) is 1. The first-order valence-electron chi connectivity index (χ1n) is 10.7. The number of carboxylic acids is 1. The van der Waals surface area contributed by atoms with Gasteiger partial charge < -0.3 is 28.8 Å². The Morgan fingerprint density at radius 1 is 0.944 bits per heavy atom. The standard InChI is InChI=1S/C25H30O10S/c1-16(26)35-25(2,24(27)28)14-18-11-17(7-8-21(18)32-4)15-36(29,30)10-9-20-22(33-5)12-19(31-3)13-23(20)34-6/h7-13H,14-15H2,1-6H3,(H,27,28)/b10-9+. The summed E-state index contributed by atoms with van der Waals surface area (Å²) in [5.41, 5.74) is -0.685. The third-order valence-corrected chi connectivity index (χ3v) is 6.54. The van der Waals surface area contributed by atoms with Crippen molar-refractivity contribution < 1.29 is 46.8 Å². The van der Waals surface area contributed by atoms with E-state index in [-0.39, 0.29) is 12.2 Å². The summed E-state index contributed by atoms with van der Waals surface area (Å²) in [5.74, 6) is -0.935. The van der Waals surface area contributed by atoms with Gasteiger partial charge in [-0.3, -0.25) is 4.79 Å². The molecule has 1 N–H and O–H groups in total. The monoisotopic (exact) mass is 522 g/mol. The van der Waals surface area contributed by atoms with Crippen LogP contribution in [0.3, 0.4) is 0 Å². The topological polar surface area (TPSA) is 135 Å². The maximum Gasteiger partial charge on any atom is 0.348 e. The molecule has 0 aliphatic rings. The summed E-state index contributed by atoms with van der Waals surface area (Å²) in [6, 6.07) is 7.82. The van der Waals surface area contributed by atoms with Crippen molar-refractivity contribution in [2.24, 2.45) is 0 Å². The molecule has 2 aromatic rings. The first-order chi connectivity index (χ1) is 16.9. The van der Waals surface area contributed by atoms with Crippen molar-refractivity contribution in [3.63, 3.8) is 0 Å². The molecule has 1 unspecified atom stereocenters. The molecule has 0 saturated heterocycles. The molecule has 0 saturated carbocycles. The second kappa shape index (κ2) is 11.8. The minimum Gasteiger partial charge on any atom is -0.496 e. The van der Waals surface area contributed by atoms with Crippen LogP contribution in [-0.2, 0) is 36.3 Å². The van der Waals surface area contributed by atoms with Gasteiger partial charge in [-0.25, -0.2) is 13.2 Å². The van der Waals surface area contributed by atoms with Gasteiger partial charge in [-0.05, 0) is 30.2 Å². The second-order valence-corrected chi connectivity index (χ2v) is 9.89. The fourth-order valence-electron chi connectivity index (χ4n) is 3.54. The minimum atomic E-state index is -3.78. The second-order valence-electron chi connectivity index (χ2n) is 8.01. The molecule has 2 rings (SSSR count). The maximum atomic E-state index is 12.9. The zero-order valence-corrected chi connectivity index (χ0v) is 21.8. The highest BCUT2D eigenvalue weighted by atomic mass is 32.2. The van der Waals surface area contributed by atoms with E-state index in [1.165, 1.54) is 53.6 Å². The average molecular weight is 523 g/mol. The highest BCUT2D eigenvalue weighted by Crippen LogP contribution is 2.35. The predicted octanol–water partition coefficient (Wildman–Crippen LogP) is 3.26. The molecule has 0 heterocycles. The summed E-state index contributed by atoms with van der Waals surface area (Å²) >= 11 is 0. The van der Waals surface area contributed by atoms with Crippen molar-refractivity contribution in [2.75, 3.05) is 28.4 Å². The number of aliphatic carboxylic acids is 1. The molecule has 0 bridgehead atoms. The number of hydrogen-bond acceptors (Lipinski definition) is 9. The zero-order valence-electron chi connectivity index (χ0n) is 21.0. The van der Waals surface area contributed by atoms with Crippen molar-refractivity contribution in [3.05, 3.63) is 52.4 Å². The number of carbonyl (C=O) groups excluding carboxylic acids is 1. The fraction of sp³-hybridized carbons (Fsp3) is 0.360. The molecule has 0 aliphatic heterocycles. The number of rotatable bonds is 12. The number of carbonyl (C=O) groups is 2. The Balaban J connectivity index is 2.39. The normalized spacial score (nSPS) is 13.1. The van der Waals surface area contributed by atoms with Gasteiger partial charge in [0.25, 0.3) is 0 Å². The van der Waals surface area contributed by atoms with E-state index < -0.39 is 27.4 Å². The number of benzene rings is 2. The number of sulfone groups is 1. The van der Waals surface area contributed by atoms with Crippen LogP contribution >= 0.6 is 0 Å². The SMILES string of the molecule is COc1cc(OC)c(/C=C/S(=O)(=O)Cc2ccc(OC)c(CC(C)(OC(C)=O)C(=O)O)c2)c(OC)c1. The average Bonchev–Trinajstić information content (AvgIpc) is 2.81. The van der Waals surface area contributed by atoms with Crippen LogP contribution in [0.5, 0.6) is 23.0 Å². The van der Waals surface area contributed by atoms with Crippen LogP contribution in [0.25, 0.3) is 6.08 Å². The van der Waals surface area contributed by atoms with E-state index >= 15 is 0 Å². The van der Waals surface area contributed by atoms with E-state index in [4.69, 9.17) is 23.7 Å². The molecule has 0 radical (unpaired) electrons. The van der Waals surface area contributed by atoms with E-state index in [1.807, 2.05) is 0 Å². The molecule has 2 aromatic carbocycles. The first-order valence-corrected chi connectivity index (χ1v) is 12.4. The van der Waals surface area contributed by atoms with Crippen molar-refractivity contribution in [1.82, 2.24) is 0 Å². The summed E-state index contributed by atoms with van der Waals surface area (Å²) in [7, 11) is 2.00. The Kier molecular flexibility index (Phi) is 9.35. The molecular formula is C25H30O10S. The van der Waals surface area contributed by atoms with Gasteiger partial charge in [0.1, 0.15) is 23.0 Å². The van der Waals surface area contributed by atoms with Gasteiger partial charge >= 0.3 is 11.9 Å². The Morgan fingerprint density at radius 3 is 2.00 bits per heavy atom. The van der Waals surface area contributed by atoms with Crippen LogP contribution in [0, 0.1) is 0 Å². The summed E-state index contributed by atoms with van der Waals surface area (Å²) in [4.78, 5) is 23.2.